The lowest BCUT2D eigenvalue weighted by atomic mass is 10.1. The van der Waals surface area contributed by atoms with Gasteiger partial charge in [-0.25, -0.2) is 4.79 Å². The van der Waals surface area contributed by atoms with Crippen molar-refractivity contribution < 1.29 is 4.79 Å². The molecule has 0 fully saturated rings. The lowest BCUT2D eigenvalue weighted by Gasteiger charge is -2.02. The molecule has 0 aliphatic heterocycles. The molecule has 0 radical (unpaired) electrons. The molecule has 6 nitrogen and oxygen atoms in total. The van der Waals surface area contributed by atoms with Gasteiger partial charge < -0.3 is 9.38 Å². The number of rotatable bonds is 2. The van der Waals surface area contributed by atoms with Crippen molar-refractivity contribution in [2.24, 2.45) is 0 Å². The Morgan fingerprint density at radius 2 is 1.65 bits per heavy atom. The number of hydrogen-bond donors (Lipinski definition) is 2. The van der Waals surface area contributed by atoms with Crippen molar-refractivity contribution in [2.75, 3.05) is 0 Å². The third kappa shape index (κ3) is 1.92. The van der Waals surface area contributed by atoms with Gasteiger partial charge in [0, 0.05) is 11.8 Å². The van der Waals surface area contributed by atoms with Crippen LogP contribution in [0.3, 0.4) is 0 Å². The minimum absolute atomic E-state index is 0.249. The van der Waals surface area contributed by atoms with E-state index in [2.05, 4.69) is 9.97 Å². The first kappa shape index (κ1) is 13.3. The monoisotopic (exact) mass is 305 g/mol. The Hall–Kier alpha value is -3.41. The van der Waals surface area contributed by atoms with Crippen LogP contribution in [0.2, 0.25) is 0 Å². The highest BCUT2D eigenvalue weighted by atomic mass is 16.2. The molecule has 0 amide bonds. The second kappa shape index (κ2) is 4.81. The van der Waals surface area contributed by atoms with Crippen molar-refractivity contribution in [3.63, 3.8) is 0 Å². The zero-order valence-corrected chi connectivity index (χ0v) is 11.9. The zero-order valence-electron chi connectivity index (χ0n) is 11.9. The summed E-state index contributed by atoms with van der Waals surface area (Å²) in [5.41, 5.74) is 0.418. The Bertz CT molecular complexity index is 1170. The summed E-state index contributed by atoms with van der Waals surface area (Å²) in [5, 5.41) is 0.296. The van der Waals surface area contributed by atoms with Gasteiger partial charge in [0.25, 0.3) is 5.56 Å². The van der Waals surface area contributed by atoms with Crippen LogP contribution in [0, 0.1) is 0 Å². The number of pyridine rings is 1. The van der Waals surface area contributed by atoms with Gasteiger partial charge in [-0.3, -0.25) is 14.6 Å². The van der Waals surface area contributed by atoms with E-state index in [9.17, 15) is 14.4 Å². The molecule has 0 aliphatic rings. The molecule has 4 rings (SSSR count). The van der Waals surface area contributed by atoms with Crippen LogP contribution in [0.1, 0.15) is 16.1 Å². The minimum atomic E-state index is -0.638. The van der Waals surface area contributed by atoms with Crippen molar-refractivity contribution in [2.45, 2.75) is 0 Å². The molecule has 112 valence electrons. The highest BCUT2D eigenvalue weighted by molar-refractivity contribution is 6.17. The molecular formula is C17H11N3O3. The summed E-state index contributed by atoms with van der Waals surface area (Å²) in [6, 6.07) is 14.0. The highest BCUT2D eigenvalue weighted by Gasteiger charge is 2.21. The van der Waals surface area contributed by atoms with Crippen LogP contribution < -0.4 is 11.2 Å². The third-order valence-electron chi connectivity index (χ3n) is 3.79. The molecular weight excluding hydrogens is 294 g/mol. The van der Waals surface area contributed by atoms with Gasteiger partial charge in [-0.05, 0) is 12.1 Å². The van der Waals surface area contributed by atoms with Gasteiger partial charge in [0.15, 0.2) is 0 Å². The van der Waals surface area contributed by atoms with Gasteiger partial charge >= 0.3 is 5.69 Å². The van der Waals surface area contributed by atoms with Gasteiger partial charge in [0.05, 0.1) is 16.4 Å². The van der Waals surface area contributed by atoms with E-state index in [0.717, 1.165) is 0 Å². The van der Waals surface area contributed by atoms with Crippen LogP contribution in [0.15, 0.2) is 64.3 Å². The van der Waals surface area contributed by atoms with Crippen LogP contribution in [0.5, 0.6) is 0 Å². The second-order valence-electron chi connectivity index (χ2n) is 5.16. The maximum atomic E-state index is 12.9. The summed E-state index contributed by atoms with van der Waals surface area (Å²) in [6.45, 7) is 0. The van der Waals surface area contributed by atoms with Crippen molar-refractivity contribution >= 4 is 22.2 Å². The van der Waals surface area contributed by atoms with Crippen molar-refractivity contribution in [3.05, 3.63) is 86.8 Å². The Kier molecular flexibility index (Phi) is 2.77. The number of benzene rings is 1. The minimum Gasteiger partial charge on any atom is -0.311 e. The fourth-order valence-electron chi connectivity index (χ4n) is 2.82. The Balaban J connectivity index is 2.19. The molecule has 0 saturated carbocycles. The standard InChI is InChI=1S/C17H11N3O3/c21-15(10-6-2-1-3-7-10)14-13-12(16(22)19-17(23)18-13)11-8-4-5-9-20(11)14/h1-9H,(H2,18,19,22,23). The third-order valence-corrected chi connectivity index (χ3v) is 3.79. The Morgan fingerprint density at radius 1 is 0.913 bits per heavy atom. The van der Waals surface area contributed by atoms with E-state index in [0.29, 0.717) is 16.5 Å². The SMILES string of the molecule is O=C(c1ccccc1)c1c2[nH]c(=O)[nH]c(=O)c2c2ccccn12. The molecule has 23 heavy (non-hydrogen) atoms. The molecule has 0 atom stereocenters. The average Bonchev–Trinajstić information content (AvgIpc) is 2.89. The molecule has 3 aromatic heterocycles. The smallest absolute Gasteiger partial charge is 0.311 e. The number of H-pyrrole nitrogens is 2. The van der Waals surface area contributed by atoms with Crippen LogP contribution in [-0.4, -0.2) is 20.2 Å². The van der Waals surface area contributed by atoms with E-state index < -0.39 is 11.2 Å². The lowest BCUT2D eigenvalue weighted by Crippen LogP contribution is -2.21. The maximum absolute atomic E-state index is 12.9. The fourth-order valence-corrected chi connectivity index (χ4v) is 2.82. The summed E-state index contributed by atoms with van der Waals surface area (Å²) < 4.78 is 1.63. The number of fused-ring (bicyclic) bond motifs is 3. The predicted octanol–water partition coefficient (Wildman–Crippen LogP) is 1.70. The number of carbonyl (C=O) groups is 1. The number of nitrogens with zero attached hydrogens (tertiary/aromatic N) is 1. The molecule has 0 bridgehead atoms. The largest absolute Gasteiger partial charge is 0.326 e. The summed E-state index contributed by atoms with van der Waals surface area (Å²) in [5.74, 6) is -0.261. The number of carbonyl (C=O) groups excluding carboxylic acids is 1. The predicted molar refractivity (Wildman–Crippen MR) is 86.0 cm³/mol. The molecule has 6 heteroatoms. The summed E-state index contributed by atoms with van der Waals surface area (Å²) >= 11 is 0. The van der Waals surface area contributed by atoms with E-state index in [1.54, 1.807) is 53.1 Å². The zero-order chi connectivity index (χ0) is 16.0. The summed E-state index contributed by atoms with van der Waals surface area (Å²) in [6.07, 6.45) is 1.70. The first-order valence-corrected chi connectivity index (χ1v) is 7.02. The molecule has 0 saturated heterocycles. The first-order chi connectivity index (χ1) is 11.2. The molecule has 3 heterocycles. The number of aromatic amines is 2. The quantitative estimate of drug-likeness (QED) is 0.553. The number of aromatic nitrogens is 3. The first-order valence-electron chi connectivity index (χ1n) is 7.02. The van der Waals surface area contributed by atoms with E-state index in [1.807, 2.05) is 6.07 Å². The second-order valence-corrected chi connectivity index (χ2v) is 5.16. The van der Waals surface area contributed by atoms with E-state index in [1.165, 1.54) is 0 Å². The number of ketones is 1. The topological polar surface area (TPSA) is 87.2 Å². The van der Waals surface area contributed by atoms with Crippen molar-refractivity contribution in [1.29, 1.82) is 0 Å². The van der Waals surface area contributed by atoms with Gasteiger partial charge in [0.1, 0.15) is 5.69 Å². The van der Waals surface area contributed by atoms with Gasteiger partial charge in [0.2, 0.25) is 5.78 Å². The van der Waals surface area contributed by atoms with Crippen LogP contribution in [0.4, 0.5) is 0 Å². The van der Waals surface area contributed by atoms with Crippen LogP contribution in [-0.2, 0) is 0 Å². The molecule has 1 aromatic carbocycles. The van der Waals surface area contributed by atoms with E-state index in [-0.39, 0.29) is 17.0 Å². The lowest BCUT2D eigenvalue weighted by molar-refractivity contribution is 0.103. The van der Waals surface area contributed by atoms with Crippen LogP contribution >= 0.6 is 0 Å². The summed E-state index contributed by atoms with van der Waals surface area (Å²) in [4.78, 5) is 41.5. The average molecular weight is 305 g/mol. The van der Waals surface area contributed by atoms with Crippen molar-refractivity contribution in [3.8, 4) is 0 Å². The summed E-state index contributed by atoms with van der Waals surface area (Å²) in [7, 11) is 0. The number of nitrogens with one attached hydrogen (secondary N) is 2. The van der Waals surface area contributed by atoms with Crippen LogP contribution in [0.25, 0.3) is 16.4 Å². The van der Waals surface area contributed by atoms with Gasteiger partial charge in [-0.2, -0.15) is 0 Å². The molecule has 2 N–H and O–H groups in total. The fraction of sp³-hybridized carbons (Fsp3) is 0. The molecule has 0 unspecified atom stereocenters. The number of hydrogen-bond acceptors (Lipinski definition) is 3. The molecule has 0 spiro atoms. The molecule has 4 aromatic rings. The van der Waals surface area contributed by atoms with Gasteiger partial charge in [-0.15, -0.1) is 0 Å². The Labute approximate surface area is 129 Å². The maximum Gasteiger partial charge on any atom is 0.326 e. The van der Waals surface area contributed by atoms with Crippen molar-refractivity contribution in [1.82, 2.24) is 14.4 Å². The normalized spacial score (nSPS) is 11.1. The van der Waals surface area contributed by atoms with E-state index >= 15 is 0 Å². The highest BCUT2D eigenvalue weighted by Crippen LogP contribution is 2.23. The van der Waals surface area contributed by atoms with E-state index in [4.69, 9.17) is 0 Å². The Morgan fingerprint density at radius 3 is 2.43 bits per heavy atom. The molecule has 0 aliphatic carbocycles. The van der Waals surface area contributed by atoms with Gasteiger partial charge in [-0.1, -0.05) is 36.4 Å².